The number of nitrogens with zero attached hydrogens (tertiary/aromatic N) is 1. The molecule has 1 saturated carbocycles. The molecule has 4 nitrogen and oxygen atoms in total. The molecule has 1 aromatic rings. The average Bonchev–Trinajstić information content (AvgIpc) is 3.01. The van der Waals surface area contributed by atoms with Crippen molar-refractivity contribution in [1.82, 2.24) is 10.3 Å². The van der Waals surface area contributed by atoms with Crippen molar-refractivity contribution in [3.05, 3.63) is 23.0 Å². The van der Waals surface area contributed by atoms with Gasteiger partial charge < -0.3 is 10.1 Å². The van der Waals surface area contributed by atoms with Crippen LogP contribution in [0.5, 0.6) is 5.75 Å². The maximum absolute atomic E-state index is 11.5. The molecule has 1 heterocycles. The van der Waals surface area contributed by atoms with Crippen LogP contribution in [-0.4, -0.2) is 24.0 Å². The highest BCUT2D eigenvalue weighted by molar-refractivity contribution is 6.30. The average molecular weight is 227 g/mol. The van der Waals surface area contributed by atoms with Crippen molar-refractivity contribution in [3.63, 3.8) is 0 Å². The number of nitrogens with one attached hydrogen (secondary N) is 1. The zero-order valence-electron chi connectivity index (χ0n) is 8.29. The maximum atomic E-state index is 11.5. The number of hydrogen-bond donors (Lipinski definition) is 1. The van der Waals surface area contributed by atoms with Gasteiger partial charge in [0.1, 0.15) is 0 Å². The third kappa shape index (κ3) is 2.39. The van der Waals surface area contributed by atoms with Gasteiger partial charge in [-0.3, -0.25) is 4.79 Å². The summed E-state index contributed by atoms with van der Waals surface area (Å²) in [5, 5.41) is 2.98. The fraction of sp³-hybridized carbons (Fsp3) is 0.400. The second-order valence-corrected chi connectivity index (χ2v) is 3.83. The monoisotopic (exact) mass is 226 g/mol. The van der Waals surface area contributed by atoms with E-state index in [1.165, 1.54) is 6.20 Å². The van der Waals surface area contributed by atoms with Gasteiger partial charge in [-0.15, -0.1) is 0 Å². The standard InChI is InChI=1S/C10H11ClN2O2/c1-12-10(14)9-8(15-7-2-3-7)4-6(11)5-13-9/h4-5,7H,2-3H2,1H3,(H,12,14). The quantitative estimate of drug-likeness (QED) is 0.853. The van der Waals surface area contributed by atoms with E-state index in [-0.39, 0.29) is 17.7 Å². The minimum absolute atomic E-state index is 0.216. The Balaban J connectivity index is 2.29. The molecule has 0 aliphatic heterocycles. The third-order valence-electron chi connectivity index (χ3n) is 2.08. The molecule has 15 heavy (non-hydrogen) atoms. The molecule has 2 rings (SSSR count). The highest BCUT2D eigenvalue weighted by Gasteiger charge is 2.26. The van der Waals surface area contributed by atoms with Gasteiger partial charge in [0.05, 0.1) is 11.1 Å². The van der Waals surface area contributed by atoms with Crippen LogP contribution < -0.4 is 10.1 Å². The van der Waals surface area contributed by atoms with E-state index >= 15 is 0 Å². The summed E-state index contributed by atoms with van der Waals surface area (Å²) in [6.45, 7) is 0. The number of ether oxygens (including phenoxy) is 1. The summed E-state index contributed by atoms with van der Waals surface area (Å²) in [5.74, 6) is 0.201. The minimum Gasteiger partial charge on any atom is -0.488 e. The first kappa shape index (κ1) is 10.2. The van der Waals surface area contributed by atoms with Crippen LogP contribution in [0.15, 0.2) is 12.3 Å². The normalized spacial score (nSPS) is 14.8. The smallest absolute Gasteiger partial charge is 0.273 e. The molecule has 1 aromatic heterocycles. The molecule has 1 aliphatic rings. The van der Waals surface area contributed by atoms with Crippen LogP contribution >= 0.6 is 11.6 Å². The van der Waals surface area contributed by atoms with Crippen LogP contribution in [0.2, 0.25) is 5.02 Å². The van der Waals surface area contributed by atoms with E-state index in [0.29, 0.717) is 10.8 Å². The molecule has 0 spiro atoms. The van der Waals surface area contributed by atoms with Gasteiger partial charge in [0.15, 0.2) is 11.4 Å². The van der Waals surface area contributed by atoms with Gasteiger partial charge in [0, 0.05) is 19.3 Å². The van der Waals surface area contributed by atoms with Crippen LogP contribution in [0.4, 0.5) is 0 Å². The summed E-state index contributed by atoms with van der Waals surface area (Å²) in [4.78, 5) is 15.4. The lowest BCUT2D eigenvalue weighted by Crippen LogP contribution is -2.20. The lowest BCUT2D eigenvalue weighted by Gasteiger charge is -2.08. The van der Waals surface area contributed by atoms with Crippen LogP contribution in [0, 0.1) is 0 Å². The number of halogens is 1. The molecular formula is C10H11ClN2O2. The van der Waals surface area contributed by atoms with Crippen molar-refractivity contribution in [3.8, 4) is 5.75 Å². The van der Waals surface area contributed by atoms with E-state index in [2.05, 4.69) is 10.3 Å². The van der Waals surface area contributed by atoms with Crippen LogP contribution in [0.25, 0.3) is 0 Å². The van der Waals surface area contributed by atoms with Gasteiger partial charge in [0.25, 0.3) is 5.91 Å². The molecule has 80 valence electrons. The van der Waals surface area contributed by atoms with Gasteiger partial charge >= 0.3 is 0 Å². The highest BCUT2D eigenvalue weighted by atomic mass is 35.5. The fourth-order valence-electron chi connectivity index (χ4n) is 1.16. The predicted molar refractivity (Wildman–Crippen MR) is 56.3 cm³/mol. The molecule has 1 aliphatic carbocycles. The first-order valence-electron chi connectivity index (χ1n) is 4.75. The van der Waals surface area contributed by atoms with Crippen molar-refractivity contribution in [2.45, 2.75) is 18.9 Å². The van der Waals surface area contributed by atoms with Gasteiger partial charge in [-0.25, -0.2) is 4.98 Å². The molecule has 1 fully saturated rings. The number of aromatic nitrogens is 1. The molecule has 0 radical (unpaired) electrons. The first-order valence-corrected chi connectivity index (χ1v) is 5.13. The summed E-state index contributed by atoms with van der Waals surface area (Å²) in [6, 6.07) is 1.62. The number of hydrogen-bond acceptors (Lipinski definition) is 3. The van der Waals surface area contributed by atoms with Crippen LogP contribution in [0.3, 0.4) is 0 Å². The van der Waals surface area contributed by atoms with Crippen molar-refractivity contribution in [2.24, 2.45) is 0 Å². The van der Waals surface area contributed by atoms with E-state index in [1.807, 2.05) is 0 Å². The first-order chi connectivity index (χ1) is 7.20. The number of carbonyl (C=O) groups is 1. The molecule has 1 N–H and O–H groups in total. The Morgan fingerprint density at radius 1 is 1.67 bits per heavy atom. The van der Waals surface area contributed by atoms with Gasteiger partial charge in [0.2, 0.25) is 0 Å². The number of rotatable bonds is 3. The second-order valence-electron chi connectivity index (χ2n) is 3.40. The summed E-state index contributed by atoms with van der Waals surface area (Å²) < 4.78 is 5.55. The summed E-state index contributed by atoms with van der Waals surface area (Å²) >= 11 is 5.79. The zero-order valence-corrected chi connectivity index (χ0v) is 9.04. The van der Waals surface area contributed by atoms with E-state index in [1.54, 1.807) is 13.1 Å². The van der Waals surface area contributed by atoms with E-state index in [0.717, 1.165) is 12.8 Å². The Bertz CT molecular complexity index is 391. The fourth-order valence-corrected chi connectivity index (χ4v) is 1.31. The minimum atomic E-state index is -0.262. The largest absolute Gasteiger partial charge is 0.488 e. The topological polar surface area (TPSA) is 51.2 Å². The lowest BCUT2D eigenvalue weighted by atomic mass is 10.3. The molecule has 0 unspecified atom stereocenters. The Labute approximate surface area is 92.6 Å². The molecule has 0 atom stereocenters. The second kappa shape index (κ2) is 4.06. The summed E-state index contributed by atoms with van der Waals surface area (Å²) in [5.41, 5.74) is 0.286. The van der Waals surface area contributed by atoms with Crippen LogP contribution in [-0.2, 0) is 0 Å². The van der Waals surface area contributed by atoms with Crippen molar-refractivity contribution in [2.75, 3.05) is 7.05 Å². The maximum Gasteiger partial charge on any atom is 0.273 e. The van der Waals surface area contributed by atoms with Crippen molar-refractivity contribution < 1.29 is 9.53 Å². The van der Waals surface area contributed by atoms with Crippen molar-refractivity contribution in [1.29, 1.82) is 0 Å². The predicted octanol–water partition coefficient (Wildman–Crippen LogP) is 1.64. The van der Waals surface area contributed by atoms with E-state index in [4.69, 9.17) is 16.3 Å². The third-order valence-corrected chi connectivity index (χ3v) is 2.29. The molecular weight excluding hydrogens is 216 g/mol. The lowest BCUT2D eigenvalue weighted by molar-refractivity contribution is 0.0953. The Morgan fingerprint density at radius 2 is 2.40 bits per heavy atom. The molecule has 0 saturated heterocycles. The highest BCUT2D eigenvalue weighted by Crippen LogP contribution is 2.29. The summed E-state index contributed by atoms with van der Waals surface area (Å²) in [6.07, 6.45) is 3.71. The molecule has 1 amide bonds. The van der Waals surface area contributed by atoms with Gasteiger partial charge in [-0.1, -0.05) is 11.6 Å². The Kier molecular flexibility index (Phi) is 2.77. The number of amides is 1. The molecule has 0 aromatic carbocycles. The van der Waals surface area contributed by atoms with Gasteiger partial charge in [-0.2, -0.15) is 0 Å². The zero-order chi connectivity index (χ0) is 10.8. The van der Waals surface area contributed by atoms with Crippen LogP contribution in [0.1, 0.15) is 23.3 Å². The Hall–Kier alpha value is -1.29. The molecule has 0 bridgehead atoms. The molecule has 5 heteroatoms. The van der Waals surface area contributed by atoms with Gasteiger partial charge in [-0.05, 0) is 12.8 Å². The van der Waals surface area contributed by atoms with E-state index in [9.17, 15) is 4.79 Å². The number of pyridine rings is 1. The van der Waals surface area contributed by atoms with E-state index < -0.39 is 0 Å². The number of carbonyl (C=O) groups excluding carboxylic acids is 1. The van der Waals surface area contributed by atoms with Crippen molar-refractivity contribution >= 4 is 17.5 Å². The summed E-state index contributed by atoms with van der Waals surface area (Å²) in [7, 11) is 1.56. The SMILES string of the molecule is CNC(=O)c1ncc(Cl)cc1OC1CC1. The Morgan fingerprint density at radius 3 is 3.00 bits per heavy atom.